The summed E-state index contributed by atoms with van der Waals surface area (Å²) in [4.78, 5) is 24.2. The number of benzene rings is 2. The summed E-state index contributed by atoms with van der Waals surface area (Å²) in [6.07, 6.45) is 9.60. The molecule has 0 aliphatic carbocycles. The van der Waals surface area contributed by atoms with E-state index in [4.69, 9.17) is 9.47 Å². The molecule has 3 aromatic heterocycles. The van der Waals surface area contributed by atoms with Crippen LogP contribution in [0.3, 0.4) is 0 Å². The lowest BCUT2D eigenvalue weighted by Gasteiger charge is -2.11. The molecule has 0 unspecified atom stereocenters. The van der Waals surface area contributed by atoms with Crippen molar-refractivity contribution in [3.63, 3.8) is 0 Å². The summed E-state index contributed by atoms with van der Waals surface area (Å²) in [5.74, 6) is 0.558. The van der Waals surface area contributed by atoms with Gasteiger partial charge < -0.3 is 19.1 Å². The Bertz CT molecular complexity index is 1520. The molecule has 0 aliphatic heterocycles. The molecule has 8 nitrogen and oxygen atoms in total. The average Bonchev–Trinajstić information content (AvgIpc) is 3.59. The number of nitrogens with zero attached hydrogens (tertiary/aromatic N) is 4. The molecule has 0 radical (unpaired) electrons. The molecule has 0 atom stereocenters. The topological polar surface area (TPSA) is 99.4 Å². The number of thiazole rings is 1. The molecule has 0 saturated heterocycles. The van der Waals surface area contributed by atoms with E-state index in [2.05, 4.69) is 25.7 Å². The van der Waals surface area contributed by atoms with Gasteiger partial charge in [-0.1, -0.05) is 30.3 Å². The maximum Gasteiger partial charge on any atom is 0.303 e. The first-order valence-electron chi connectivity index (χ1n) is 12.0. The van der Waals surface area contributed by atoms with Gasteiger partial charge in [0, 0.05) is 54.8 Å². The number of methoxy groups -OCH3 is 1. The molecule has 1 N–H and O–H groups in total. The molecule has 0 aliphatic rings. The Morgan fingerprint density at radius 2 is 1.92 bits per heavy atom. The highest BCUT2D eigenvalue weighted by Gasteiger charge is 2.13. The van der Waals surface area contributed by atoms with Gasteiger partial charge in [-0.3, -0.25) is 14.8 Å². The van der Waals surface area contributed by atoms with Gasteiger partial charge in [-0.2, -0.15) is 0 Å². The minimum absolute atomic E-state index is 0.0795. The monoisotopic (exact) mass is 526 g/mol. The molecule has 0 fully saturated rings. The summed E-state index contributed by atoms with van der Waals surface area (Å²) in [5, 5.41) is 12.0. The Balaban J connectivity index is 1.34. The number of hydrogen-bond acceptors (Lipinski definition) is 7. The minimum Gasteiger partial charge on any atom is -0.497 e. The molecule has 0 spiro atoms. The van der Waals surface area contributed by atoms with Crippen LogP contribution in [0.4, 0.5) is 0 Å². The summed E-state index contributed by atoms with van der Waals surface area (Å²) in [6.45, 7) is 0.887. The number of ether oxygens (including phenoxy) is 2. The first-order valence-corrected chi connectivity index (χ1v) is 12.9. The van der Waals surface area contributed by atoms with Gasteiger partial charge in [0.2, 0.25) is 0 Å². The van der Waals surface area contributed by atoms with Crippen LogP contribution in [-0.2, 0) is 24.4 Å². The molecular formula is C29H26N4O4S. The Labute approximate surface area is 224 Å². The smallest absolute Gasteiger partial charge is 0.303 e. The summed E-state index contributed by atoms with van der Waals surface area (Å²) in [5.41, 5.74) is 5.63. The van der Waals surface area contributed by atoms with Gasteiger partial charge >= 0.3 is 5.97 Å². The van der Waals surface area contributed by atoms with E-state index in [9.17, 15) is 9.90 Å². The third-order valence-electron chi connectivity index (χ3n) is 5.92. The predicted octanol–water partition coefficient (Wildman–Crippen LogP) is 5.72. The lowest BCUT2D eigenvalue weighted by atomic mass is 10.0. The normalized spacial score (nSPS) is 10.9. The second-order valence-electron chi connectivity index (χ2n) is 8.67. The van der Waals surface area contributed by atoms with Crippen molar-refractivity contribution in [3.8, 4) is 33.3 Å². The van der Waals surface area contributed by atoms with E-state index >= 15 is 0 Å². The first-order chi connectivity index (χ1) is 18.6. The van der Waals surface area contributed by atoms with Crippen LogP contribution in [0.2, 0.25) is 0 Å². The molecule has 5 rings (SSSR count). The fraction of sp³-hybridized carbons (Fsp3) is 0.172. The highest BCUT2D eigenvalue weighted by atomic mass is 32.1. The van der Waals surface area contributed by atoms with Crippen molar-refractivity contribution < 1.29 is 19.4 Å². The van der Waals surface area contributed by atoms with Crippen LogP contribution in [-0.4, -0.2) is 37.7 Å². The predicted molar refractivity (Wildman–Crippen MR) is 145 cm³/mol. The number of rotatable bonds is 11. The maximum atomic E-state index is 11.2. The van der Waals surface area contributed by atoms with E-state index in [0.29, 0.717) is 31.1 Å². The zero-order chi connectivity index (χ0) is 26.3. The third kappa shape index (κ3) is 6.24. The van der Waals surface area contributed by atoms with E-state index < -0.39 is 5.97 Å². The fourth-order valence-corrected chi connectivity index (χ4v) is 4.92. The number of hydrogen-bond donors (Lipinski definition) is 1. The standard InChI is InChI=1S/C29H26N4O4S/c1-36-24-11-20(12-25(13-24)37-18-23-19-38-29(32-23)27-14-30-9-10-31-27)15-33-16-22(7-8-28(34)35)26(17-33)21-5-3-2-4-6-21/h2-6,9-14,16-17,19H,7-8,15,18H2,1H3,(H,34,35). The van der Waals surface area contributed by atoms with Crippen LogP contribution in [0, 0.1) is 0 Å². The molecule has 3 heterocycles. The first kappa shape index (κ1) is 25.2. The van der Waals surface area contributed by atoms with Crippen LogP contribution in [0.25, 0.3) is 21.8 Å². The van der Waals surface area contributed by atoms with E-state index in [1.807, 2.05) is 60.1 Å². The average molecular weight is 527 g/mol. The molecule has 38 heavy (non-hydrogen) atoms. The van der Waals surface area contributed by atoms with Crippen molar-refractivity contribution in [3.05, 3.63) is 102 Å². The van der Waals surface area contributed by atoms with Gasteiger partial charge in [0.05, 0.1) is 19.0 Å². The van der Waals surface area contributed by atoms with Crippen LogP contribution in [0.5, 0.6) is 11.5 Å². The van der Waals surface area contributed by atoms with Crippen LogP contribution in [0.1, 0.15) is 23.2 Å². The minimum atomic E-state index is -0.810. The van der Waals surface area contributed by atoms with Crippen molar-refractivity contribution in [2.24, 2.45) is 0 Å². The molecule has 2 aromatic carbocycles. The number of carboxylic acids is 1. The van der Waals surface area contributed by atoms with E-state index in [-0.39, 0.29) is 6.42 Å². The second-order valence-corrected chi connectivity index (χ2v) is 9.53. The zero-order valence-corrected chi connectivity index (χ0v) is 21.6. The summed E-state index contributed by atoms with van der Waals surface area (Å²) < 4.78 is 13.7. The number of carboxylic acid groups (broad SMARTS) is 1. The molecule has 0 saturated carbocycles. The van der Waals surface area contributed by atoms with Gasteiger partial charge in [0.15, 0.2) is 0 Å². The third-order valence-corrected chi connectivity index (χ3v) is 6.83. The quantitative estimate of drug-likeness (QED) is 0.235. The van der Waals surface area contributed by atoms with Crippen molar-refractivity contribution in [2.75, 3.05) is 7.11 Å². The Hall–Kier alpha value is -4.50. The summed E-state index contributed by atoms with van der Waals surface area (Å²) in [7, 11) is 1.63. The zero-order valence-electron chi connectivity index (χ0n) is 20.8. The van der Waals surface area contributed by atoms with Crippen LogP contribution in [0.15, 0.2) is 84.9 Å². The number of carbonyl (C=O) groups is 1. The largest absolute Gasteiger partial charge is 0.497 e. The van der Waals surface area contributed by atoms with Crippen LogP contribution >= 0.6 is 11.3 Å². The molecule has 192 valence electrons. The van der Waals surface area contributed by atoms with Gasteiger partial charge in [-0.05, 0) is 35.2 Å². The number of aryl methyl sites for hydroxylation is 1. The van der Waals surface area contributed by atoms with E-state index in [1.54, 1.807) is 25.7 Å². The van der Waals surface area contributed by atoms with Gasteiger partial charge in [0.1, 0.15) is 28.8 Å². The molecule has 9 heteroatoms. The molecule has 5 aromatic rings. The number of aliphatic carboxylic acids is 1. The highest BCUT2D eigenvalue weighted by molar-refractivity contribution is 7.13. The maximum absolute atomic E-state index is 11.2. The molecule has 0 bridgehead atoms. The van der Waals surface area contributed by atoms with Crippen molar-refractivity contribution in [1.29, 1.82) is 0 Å². The van der Waals surface area contributed by atoms with Crippen molar-refractivity contribution in [1.82, 2.24) is 19.5 Å². The highest BCUT2D eigenvalue weighted by Crippen LogP contribution is 2.29. The Morgan fingerprint density at radius 1 is 1.08 bits per heavy atom. The van der Waals surface area contributed by atoms with Crippen molar-refractivity contribution >= 4 is 17.3 Å². The van der Waals surface area contributed by atoms with Gasteiger partial charge in [-0.25, -0.2) is 4.98 Å². The lowest BCUT2D eigenvalue weighted by Crippen LogP contribution is -2.01. The van der Waals surface area contributed by atoms with Gasteiger partial charge in [-0.15, -0.1) is 11.3 Å². The van der Waals surface area contributed by atoms with Crippen LogP contribution < -0.4 is 9.47 Å². The van der Waals surface area contributed by atoms with Crippen molar-refractivity contribution in [2.45, 2.75) is 26.0 Å². The van der Waals surface area contributed by atoms with E-state index in [1.165, 1.54) is 11.3 Å². The fourth-order valence-electron chi connectivity index (χ4n) is 4.16. The van der Waals surface area contributed by atoms with Gasteiger partial charge in [0.25, 0.3) is 0 Å². The summed E-state index contributed by atoms with van der Waals surface area (Å²) in [6, 6.07) is 15.8. The Kier molecular flexibility index (Phi) is 7.75. The van der Waals surface area contributed by atoms with E-state index in [0.717, 1.165) is 38.6 Å². The summed E-state index contributed by atoms with van der Waals surface area (Å²) >= 11 is 1.50. The second kappa shape index (κ2) is 11.7. The molecular weight excluding hydrogens is 500 g/mol. The Morgan fingerprint density at radius 3 is 2.68 bits per heavy atom. The SMILES string of the molecule is COc1cc(Cn2cc(CCC(=O)O)c(-c3ccccc3)c2)cc(OCc2csc(-c3cnccn3)n2)c1. The molecule has 0 amide bonds. The lowest BCUT2D eigenvalue weighted by molar-refractivity contribution is -0.136. The number of aromatic nitrogens is 4.